The van der Waals surface area contributed by atoms with Crippen molar-refractivity contribution < 1.29 is 24.2 Å². The number of carbonyl (C=O) groups is 2. The number of cyclic esters (lactones) is 1. The molecule has 6 nitrogen and oxygen atoms in total. The number of anilines is 1. The van der Waals surface area contributed by atoms with Gasteiger partial charge in [0.1, 0.15) is 6.61 Å². The van der Waals surface area contributed by atoms with Crippen molar-refractivity contribution in [1.29, 1.82) is 0 Å². The number of carbonyl (C=O) groups excluding carboxylic acids is 2. The number of nitrogens with zero attached hydrogens (tertiary/aromatic N) is 1. The Balaban J connectivity index is 1.96. The molecule has 1 aromatic carbocycles. The minimum absolute atomic E-state index is 0.126. The monoisotopic (exact) mass is 389 g/mol. The lowest BCUT2D eigenvalue weighted by atomic mass is 9.98. The van der Waals surface area contributed by atoms with E-state index >= 15 is 0 Å². The maximum atomic E-state index is 12.3. The van der Waals surface area contributed by atoms with E-state index in [2.05, 4.69) is 6.92 Å². The van der Waals surface area contributed by atoms with Crippen LogP contribution in [0.5, 0.6) is 0 Å². The van der Waals surface area contributed by atoms with E-state index in [1.165, 1.54) is 0 Å². The van der Waals surface area contributed by atoms with Gasteiger partial charge in [-0.05, 0) is 30.2 Å². The van der Waals surface area contributed by atoms with Crippen molar-refractivity contribution in [2.45, 2.75) is 51.0 Å². The molecule has 0 aliphatic carbocycles. The smallest absolute Gasteiger partial charge is 0.334 e. The highest BCUT2D eigenvalue weighted by atomic mass is 16.6. The summed E-state index contributed by atoms with van der Waals surface area (Å²) in [6.45, 7) is 1.59. The second kappa shape index (κ2) is 10.3. The maximum Gasteiger partial charge on any atom is 0.334 e. The maximum absolute atomic E-state index is 12.3. The Labute approximate surface area is 167 Å². The predicted molar refractivity (Wildman–Crippen MR) is 109 cm³/mol. The number of ether oxygens (including phenoxy) is 2. The van der Waals surface area contributed by atoms with Crippen molar-refractivity contribution in [1.82, 2.24) is 0 Å². The number of hydrogen-bond donors (Lipinski definition) is 1. The fourth-order valence-electron chi connectivity index (χ4n) is 3.09. The lowest BCUT2D eigenvalue weighted by Gasteiger charge is -2.24. The Morgan fingerprint density at radius 2 is 1.96 bits per heavy atom. The van der Waals surface area contributed by atoms with Crippen molar-refractivity contribution in [2.75, 3.05) is 32.2 Å². The van der Waals surface area contributed by atoms with Crippen LogP contribution < -0.4 is 4.90 Å². The summed E-state index contributed by atoms with van der Waals surface area (Å²) in [5.41, 5.74) is 1.21. The van der Waals surface area contributed by atoms with Crippen molar-refractivity contribution in [3.8, 4) is 0 Å². The molecule has 1 N–H and O–H groups in total. The van der Waals surface area contributed by atoms with E-state index in [0.717, 1.165) is 36.9 Å². The van der Waals surface area contributed by atoms with Crippen LogP contribution in [-0.2, 0) is 19.1 Å². The second-order valence-corrected chi connectivity index (χ2v) is 7.53. The molecule has 0 aromatic heterocycles. The SMILES string of the molecule is CCCCCCC(=O)OCC1(CO)C/C(=C\c2ccc(N(C)C)cc2)C(=O)O1. The molecule has 0 saturated carbocycles. The molecule has 28 heavy (non-hydrogen) atoms. The second-order valence-electron chi connectivity index (χ2n) is 7.53. The highest BCUT2D eigenvalue weighted by molar-refractivity contribution is 5.96. The van der Waals surface area contributed by atoms with Crippen molar-refractivity contribution in [3.63, 3.8) is 0 Å². The predicted octanol–water partition coefficient (Wildman–Crippen LogP) is 3.33. The van der Waals surface area contributed by atoms with Gasteiger partial charge in [-0.1, -0.05) is 38.3 Å². The molecule has 0 amide bonds. The van der Waals surface area contributed by atoms with Crippen molar-refractivity contribution in [2.24, 2.45) is 0 Å². The Bertz CT molecular complexity index is 695. The average molecular weight is 389 g/mol. The molecule has 1 aromatic rings. The summed E-state index contributed by atoms with van der Waals surface area (Å²) in [6.07, 6.45) is 6.28. The Kier molecular flexibility index (Phi) is 8.05. The molecule has 0 spiro atoms. The zero-order valence-corrected chi connectivity index (χ0v) is 17.1. The molecular weight excluding hydrogens is 358 g/mol. The standard InChI is InChI=1S/C22H31NO5/c1-4-5-6-7-8-20(25)27-16-22(15-24)14-18(21(26)28-22)13-17-9-11-19(12-10-17)23(2)3/h9-13,24H,4-8,14-16H2,1-3H3/b18-13+. The lowest BCUT2D eigenvalue weighted by Crippen LogP contribution is -2.39. The number of rotatable bonds is 10. The fourth-order valence-corrected chi connectivity index (χ4v) is 3.09. The molecular formula is C22H31NO5. The van der Waals surface area contributed by atoms with Crippen LogP contribution in [0, 0.1) is 0 Å². The summed E-state index contributed by atoms with van der Waals surface area (Å²) < 4.78 is 10.7. The van der Waals surface area contributed by atoms with Gasteiger partial charge < -0.3 is 19.5 Å². The number of aliphatic hydroxyl groups excluding tert-OH is 1. The van der Waals surface area contributed by atoms with Gasteiger partial charge in [-0.3, -0.25) is 4.79 Å². The molecule has 1 heterocycles. The topological polar surface area (TPSA) is 76.1 Å². The molecule has 1 atom stereocenters. The van der Waals surface area contributed by atoms with Crippen LogP contribution >= 0.6 is 0 Å². The van der Waals surface area contributed by atoms with E-state index in [1.54, 1.807) is 6.08 Å². The molecule has 1 unspecified atom stereocenters. The first-order chi connectivity index (χ1) is 13.4. The number of unbranched alkanes of at least 4 members (excludes halogenated alkanes) is 3. The van der Waals surface area contributed by atoms with Crippen LogP contribution in [0.3, 0.4) is 0 Å². The van der Waals surface area contributed by atoms with Crippen LogP contribution in [0.1, 0.15) is 51.0 Å². The van der Waals surface area contributed by atoms with Gasteiger partial charge in [-0.15, -0.1) is 0 Å². The summed E-state index contributed by atoms with van der Waals surface area (Å²) in [4.78, 5) is 26.2. The summed E-state index contributed by atoms with van der Waals surface area (Å²) in [7, 11) is 3.92. The minimum Gasteiger partial charge on any atom is -0.461 e. The van der Waals surface area contributed by atoms with Gasteiger partial charge in [0.05, 0.1) is 6.61 Å². The van der Waals surface area contributed by atoms with Crippen LogP contribution in [-0.4, -0.2) is 50.0 Å². The highest BCUT2D eigenvalue weighted by Gasteiger charge is 2.44. The minimum atomic E-state index is -1.19. The third kappa shape index (κ3) is 6.09. The van der Waals surface area contributed by atoms with Gasteiger partial charge in [0.2, 0.25) is 0 Å². The van der Waals surface area contributed by atoms with Gasteiger partial charge in [0, 0.05) is 38.2 Å². The third-order valence-electron chi connectivity index (χ3n) is 4.85. The Morgan fingerprint density at radius 3 is 2.57 bits per heavy atom. The number of hydrogen-bond acceptors (Lipinski definition) is 6. The van der Waals surface area contributed by atoms with Crippen molar-refractivity contribution in [3.05, 3.63) is 35.4 Å². The first-order valence-corrected chi connectivity index (χ1v) is 9.87. The first-order valence-electron chi connectivity index (χ1n) is 9.87. The molecule has 154 valence electrons. The molecule has 0 radical (unpaired) electrons. The number of aliphatic hydroxyl groups is 1. The van der Waals surface area contributed by atoms with Crippen molar-refractivity contribution >= 4 is 23.7 Å². The molecule has 1 aliphatic rings. The fraction of sp³-hybridized carbons (Fsp3) is 0.545. The van der Waals surface area contributed by atoms with Crippen LogP contribution in [0.4, 0.5) is 5.69 Å². The summed E-state index contributed by atoms with van der Waals surface area (Å²) in [5.74, 6) is -0.804. The van der Waals surface area contributed by atoms with Crippen LogP contribution in [0.2, 0.25) is 0 Å². The molecule has 0 bridgehead atoms. The van der Waals surface area contributed by atoms with Gasteiger partial charge >= 0.3 is 11.9 Å². The largest absolute Gasteiger partial charge is 0.461 e. The van der Waals surface area contributed by atoms with Gasteiger partial charge in [-0.2, -0.15) is 0 Å². The zero-order valence-electron chi connectivity index (χ0n) is 17.1. The van der Waals surface area contributed by atoms with E-state index in [1.807, 2.05) is 43.3 Å². The van der Waals surface area contributed by atoms with Crippen LogP contribution in [0.15, 0.2) is 29.8 Å². The van der Waals surface area contributed by atoms with Gasteiger partial charge in [-0.25, -0.2) is 4.79 Å². The summed E-state index contributed by atoms with van der Waals surface area (Å²) in [6, 6.07) is 7.77. The third-order valence-corrected chi connectivity index (χ3v) is 4.85. The quantitative estimate of drug-likeness (QED) is 0.376. The highest BCUT2D eigenvalue weighted by Crippen LogP contribution is 2.32. The summed E-state index contributed by atoms with van der Waals surface area (Å²) >= 11 is 0. The van der Waals surface area contributed by atoms with E-state index in [0.29, 0.717) is 12.0 Å². The lowest BCUT2D eigenvalue weighted by molar-refractivity contribution is -0.166. The molecule has 1 aliphatic heterocycles. The Hall–Kier alpha value is -2.34. The van der Waals surface area contributed by atoms with E-state index in [9.17, 15) is 14.7 Å². The molecule has 6 heteroatoms. The van der Waals surface area contributed by atoms with E-state index in [-0.39, 0.29) is 19.0 Å². The molecule has 2 rings (SSSR count). The van der Waals surface area contributed by atoms with Gasteiger partial charge in [0.15, 0.2) is 5.60 Å². The number of benzene rings is 1. The zero-order chi connectivity index (χ0) is 20.6. The molecule has 1 fully saturated rings. The van der Waals surface area contributed by atoms with E-state index < -0.39 is 18.2 Å². The summed E-state index contributed by atoms with van der Waals surface area (Å²) in [5, 5.41) is 9.77. The molecule has 1 saturated heterocycles. The van der Waals surface area contributed by atoms with Crippen LogP contribution in [0.25, 0.3) is 6.08 Å². The normalized spacial score (nSPS) is 20.3. The average Bonchev–Trinajstić information content (AvgIpc) is 3.00. The van der Waals surface area contributed by atoms with E-state index in [4.69, 9.17) is 9.47 Å². The van der Waals surface area contributed by atoms with Gasteiger partial charge in [0.25, 0.3) is 0 Å². The number of esters is 2. The first kappa shape index (κ1) is 22.0. The Morgan fingerprint density at radius 1 is 1.25 bits per heavy atom.